The van der Waals surface area contributed by atoms with Gasteiger partial charge < -0.3 is 20.5 Å². The Balaban J connectivity index is 2.04. The number of aliphatic hydroxyl groups is 1. The van der Waals surface area contributed by atoms with Crippen LogP contribution in [0.2, 0.25) is 0 Å². The highest BCUT2D eigenvalue weighted by Crippen LogP contribution is 2.26. The molecule has 18 heavy (non-hydrogen) atoms. The summed E-state index contributed by atoms with van der Waals surface area (Å²) in [4.78, 5) is 12.5. The topological polar surface area (TPSA) is 70.6 Å². The maximum Gasteiger partial charge on any atom is 0.240 e. The van der Waals surface area contributed by atoms with Gasteiger partial charge in [-0.25, -0.2) is 0 Å². The molecule has 5 heteroatoms. The minimum Gasteiger partial charge on any atom is -0.394 e. The highest BCUT2D eigenvalue weighted by Gasteiger charge is 2.43. The molecule has 5 nitrogen and oxygen atoms in total. The Morgan fingerprint density at radius 1 is 1.39 bits per heavy atom. The van der Waals surface area contributed by atoms with Crippen LogP contribution in [-0.4, -0.2) is 48.5 Å². The fourth-order valence-corrected chi connectivity index (χ4v) is 2.91. The van der Waals surface area contributed by atoms with Crippen molar-refractivity contribution in [3.8, 4) is 0 Å². The number of hydrogen-bond acceptors (Lipinski definition) is 4. The molecule has 1 amide bonds. The Labute approximate surface area is 108 Å². The second kappa shape index (κ2) is 5.55. The van der Waals surface area contributed by atoms with E-state index in [4.69, 9.17) is 4.74 Å². The molecule has 3 N–H and O–H groups in total. The van der Waals surface area contributed by atoms with Crippen molar-refractivity contribution in [2.75, 3.05) is 26.4 Å². The molecule has 104 valence electrons. The molecule has 1 unspecified atom stereocenters. The molecule has 0 saturated carbocycles. The van der Waals surface area contributed by atoms with E-state index in [-0.39, 0.29) is 12.5 Å². The van der Waals surface area contributed by atoms with Gasteiger partial charge in [0.15, 0.2) is 0 Å². The Hall–Kier alpha value is -0.650. The van der Waals surface area contributed by atoms with Gasteiger partial charge in [-0.1, -0.05) is 6.92 Å². The summed E-state index contributed by atoms with van der Waals surface area (Å²) in [5, 5.41) is 16.0. The van der Waals surface area contributed by atoms with Crippen LogP contribution in [0, 0.1) is 0 Å². The summed E-state index contributed by atoms with van der Waals surface area (Å²) in [6, 6.07) is 0. The lowest BCUT2D eigenvalue weighted by Gasteiger charge is -2.39. The first kappa shape index (κ1) is 13.8. The molecule has 0 radical (unpaired) electrons. The lowest BCUT2D eigenvalue weighted by molar-refractivity contribution is -0.131. The number of nitrogens with one attached hydrogen (secondary N) is 2. The number of aliphatic hydroxyl groups excluding tert-OH is 1. The summed E-state index contributed by atoms with van der Waals surface area (Å²) >= 11 is 0. The number of carbonyl (C=O) groups is 1. The van der Waals surface area contributed by atoms with Crippen molar-refractivity contribution in [1.82, 2.24) is 10.6 Å². The van der Waals surface area contributed by atoms with Gasteiger partial charge in [0.05, 0.1) is 17.7 Å². The van der Waals surface area contributed by atoms with Crippen LogP contribution in [0.5, 0.6) is 0 Å². The minimum absolute atomic E-state index is 0.0120. The second-order valence-electron chi connectivity index (χ2n) is 5.47. The molecule has 2 fully saturated rings. The monoisotopic (exact) mass is 256 g/mol. The van der Waals surface area contributed by atoms with Crippen LogP contribution in [0.1, 0.15) is 39.0 Å². The third kappa shape index (κ3) is 2.53. The first-order valence-electron chi connectivity index (χ1n) is 6.93. The Bertz CT molecular complexity index is 295. The molecule has 1 atom stereocenters. The molecule has 2 heterocycles. The summed E-state index contributed by atoms with van der Waals surface area (Å²) in [6.07, 6.45) is 4.09. The quantitative estimate of drug-likeness (QED) is 0.671. The van der Waals surface area contributed by atoms with Gasteiger partial charge in [-0.05, 0) is 38.6 Å². The largest absolute Gasteiger partial charge is 0.394 e. The molecule has 2 saturated heterocycles. The van der Waals surface area contributed by atoms with Crippen LogP contribution in [0.3, 0.4) is 0 Å². The lowest BCUT2D eigenvalue weighted by Crippen LogP contribution is -2.62. The third-order valence-electron chi connectivity index (χ3n) is 4.41. The molecule has 2 aliphatic rings. The first-order valence-corrected chi connectivity index (χ1v) is 6.93. The minimum atomic E-state index is -0.484. The van der Waals surface area contributed by atoms with E-state index in [0.717, 1.165) is 25.8 Å². The molecular weight excluding hydrogens is 232 g/mol. The van der Waals surface area contributed by atoms with E-state index < -0.39 is 11.1 Å². The Morgan fingerprint density at radius 3 is 2.61 bits per heavy atom. The van der Waals surface area contributed by atoms with Gasteiger partial charge >= 0.3 is 0 Å². The van der Waals surface area contributed by atoms with Crippen molar-refractivity contribution in [3.05, 3.63) is 0 Å². The van der Waals surface area contributed by atoms with E-state index in [1.54, 1.807) is 0 Å². The number of carbonyl (C=O) groups excluding carboxylic acids is 1. The maximum absolute atomic E-state index is 12.5. The molecule has 0 aromatic carbocycles. The summed E-state index contributed by atoms with van der Waals surface area (Å²) in [6.45, 7) is 4.13. The van der Waals surface area contributed by atoms with Crippen molar-refractivity contribution >= 4 is 5.91 Å². The van der Waals surface area contributed by atoms with Crippen LogP contribution in [0.25, 0.3) is 0 Å². The van der Waals surface area contributed by atoms with Crippen LogP contribution < -0.4 is 10.6 Å². The SMILES string of the molecule is CCC1(C(=O)NC2(CO)CCOCC2)CCCN1. The van der Waals surface area contributed by atoms with Gasteiger partial charge in [0.2, 0.25) is 5.91 Å². The van der Waals surface area contributed by atoms with Crippen LogP contribution in [0.4, 0.5) is 0 Å². The van der Waals surface area contributed by atoms with Crippen molar-refractivity contribution in [1.29, 1.82) is 0 Å². The molecule has 2 aliphatic heterocycles. The lowest BCUT2D eigenvalue weighted by atomic mass is 9.87. The predicted molar refractivity (Wildman–Crippen MR) is 68.3 cm³/mol. The second-order valence-corrected chi connectivity index (χ2v) is 5.47. The van der Waals surface area contributed by atoms with Gasteiger partial charge in [0, 0.05) is 13.2 Å². The summed E-state index contributed by atoms with van der Waals surface area (Å²) in [5.74, 6) is 0.0402. The molecule has 0 spiro atoms. The van der Waals surface area contributed by atoms with E-state index in [2.05, 4.69) is 10.6 Å². The summed E-state index contributed by atoms with van der Waals surface area (Å²) in [7, 11) is 0. The Morgan fingerprint density at radius 2 is 2.11 bits per heavy atom. The van der Waals surface area contributed by atoms with Crippen molar-refractivity contribution in [2.24, 2.45) is 0 Å². The van der Waals surface area contributed by atoms with E-state index in [0.29, 0.717) is 26.1 Å². The standard InChI is InChI=1S/C13H24N2O3/c1-2-13(4-3-7-14-13)11(17)15-12(10-16)5-8-18-9-6-12/h14,16H,2-10H2,1H3,(H,15,17). The number of rotatable bonds is 4. The Kier molecular flexibility index (Phi) is 4.25. The van der Waals surface area contributed by atoms with E-state index >= 15 is 0 Å². The zero-order valence-corrected chi connectivity index (χ0v) is 11.1. The van der Waals surface area contributed by atoms with Crippen molar-refractivity contribution in [2.45, 2.75) is 50.1 Å². The van der Waals surface area contributed by atoms with E-state index in [1.165, 1.54) is 0 Å². The summed E-state index contributed by atoms with van der Waals surface area (Å²) in [5.41, 5.74) is -0.914. The molecule has 0 bridgehead atoms. The van der Waals surface area contributed by atoms with Crippen molar-refractivity contribution < 1.29 is 14.6 Å². The zero-order valence-electron chi connectivity index (χ0n) is 11.1. The zero-order chi connectivity index (χ0) is 13.1. The number of amides is 1. The number of hydrogen-bond donors (Lipinski definition) is 3. The molecule has 0 aromatic rings. The molecule has 2 rings (SSSR count). The van der Waals surface area contributed by atoms with Crippen LogP contribution >= 0.6 is 0 Å². The van der Waals surface area contributed by atoms with Crippen LogP contribution in [0.15, 0.2) is 0 Å². The average Bonchev–Trinajstić information content (AvgIpc) is 2.90. The van der Waals surface area contributed by atoms with Gasteiger partial charge in [0.25, 0.3) is 0 Å². The third-order valence-corrected chi connectivity index (χ3v) is 4.41. The van der Waals surface area contributed by atoms with E-state index in [9.17, 15) is 9.90 Å². The van der Waals surface area contributed by atoms with E-state index in [1.807, 2.05) is 6.92 Å². The van der Waals surface area contributed by atoms with Gasteiger partial charge in [-0.2, -0.15) is 0 Å². The molecular formula is C13H24N2O3. The van der Waals surface area contributed by atoms with Crippen molar-refractivity contribution in [3.63, 3.8) is 0 Å². The van der Waals surface area contributed by atoms with Gasteiger partial charge in [-0.15, -0.1) is 0 Å². The van der Waals surface area contributed by atoms with Gasteiger partial charge in [-0.3, -0.25) is 4.79 Å². The van der Waals surface area contributed by atoms with Gasteiger partial charge in [0.1, 0.15) is 0 Å². The predicted octanol–water partition coefficient (Wildman–Crippen LogP) is 0.176. The molecule has 0 aliphatic carbocycles. The summed E-state index contributed by atoms with van der Waals surface area (Å²) < 4.78 is 5.31. The number of ether oxygens (including phenoxy) is 1. The average molecular weight is 256 g/mol. The first-order chi connectivity index (χ1) is 8.66. The fraction of sp³-hybridized carbons (Fsp3) is 0.923. The smallest absolute Gasteiger partial charge is 0.240 e. The highest BCUT2D eigenvalue weighted by atomic mass is 16.5. The van der Waals surface area contributed by atoms with Crippen LogP contribution in [-0.2, 0) is 9.53 Å². The highest BCUT2D eigenvalue weighted by molar-refractivity contribution is 5.87. The maximum atomic E-state index is 12.5. The fourth-order valence-electron chi connectivity index (χ4n) is 2.91. The normalized spacial score (nSPS) is 31.2. The molecule has 0 aromatic heterocycles.